The highest BCUT2D eigenvalue weighted by Crippen LogP contribution is 2.36. The Bertz CT molecular complexity index is 566. The second-order valence-electron chi connectivity index (χ2n) is 4.25. The van der Waals surface area contributed by atoms with E-state index in [1.807, 2.05) is 6.07 Å². The van der Waals surface area contributed by atoms with Crippen LogP contribution in [0.1, 0.15) is 39.8 Å². The molecule has 2 aromatic rings. The zero-order valence-corrected chi connectivity index (χ0v) is 9.34. The van der Waals surface area contributed by atoms with Gasteiger partial charge in [-0.25, -0.2) is 9.97 Å². The quantitative estimate of drug-likeness (QED) is 0.735. The summed E-state index contributed by atoms with van der Waals surface area (Å²) in [6.07, 6.45) is 4.52. The second-order valence-corrected chi connectivity index (χ2v) is 4.25. The van der Waals surface area contributed by atoms with Gasteiger partial charge >= 0.3 is 0 Å². The minimum absolute atomic E-state index is 0.242. The number of hydrogen-bond donors (Lipinski definition) is 0. The summed E-state index contributed by atoms with van der Waals surface area (Å²) in [7, 11) is 0. The summed E-state index contributed by atoms with van der Waals surface area (Å²) >= 11 is 0. The molecule has 1 aromatic carbocycles. The highest BCUT2D eigenvalue weighted by Gasteiger charge is 2.25. The van der Waals surface area contributed by atoms with E-state index in [1.54, 1.807) is 12.3 Å². The van der Waals surface area contributed by atoms with E-state index in [2.05, 4.69) is 28.2 Å². The van der Waals surface area contributed by atoms with Crippen LogP contribution in [-0.4, -0.2) is 16.3 Å². The van der Waals surface area contributed by atoms with Crippen LogP contribution in [0.4, 0.5) is 0 Å². The number of hydrogen-bond acceptors (Lipinski definition) is 3. The molecule has 0 saturated carbocycles. The highest BCUT2D eigenvalue weighted by atomic mass is 16.1. The second kappa shape index (κ2) is 4.09. The summed E-state index contributed by atoms with van der Waals surface area (Å²) in [5.74, 6) is 1.01. The van der Waals surface area contributed by atoms with Crippen LogP contribution in [0.5, 0.6) is 0 Å². The van der Waals surface area contributed by atoms with Gasteiger partial charge in [-0.1, -0.05) is 24.3 Å². The van der Waals surface area contributed by atoms with Gasteiger partial charge in [-0.3, -0.25) is 4.79 Å². The van der Waals surface area contributed by atoms with Gasteiger partial charge < -0.3 is 0 Å². The molecule has 3 nitrogen and oxygen atoms in total. The lowest BCUT2D eigenvalue weighted by Crippen LogP contribution is -2.04. The van der Waals surface area contributed by atoms with E-state index >= 15 is 0 Å². The minimum Gasteiger partial charge on any atom is -0.296 e. The maximum absolute atomic E-state index is 10.7. The van der Waals surface area contributed by atoms with Crippen molar-refractivity contribution in [3.63, 3.8) is 0 Å². The molecule has 0 fully saturated rings. The van der Waals surface area contributed by atoms with Gasteiger partial charge in [0.05, 0.1) is 0 Å². The van der Waals surface area contributed by atoms with Crippen molar-refractivity contribution in [2.24, 2.45) is 0 Å². The molecule has 0 spiro atoms. The van der Waals surface area contributed by atoms with Crippen LogP contribution < -0.4 is 0 Å². The standard InChI is InChI=1S/C14H12N2O/c17-9-11-7-8-15-14(16-11)13-6-5-10-3-1-2-4-12(10)13/h1-4,7-9,13H,5-6H2. The van der Waals surface area contributed by atoms with E-state index in [4.69, 9.17) is 0 Å². The first-order valence-corrected chi connectivity index (χ1v) is 5.74. The third-order valence-electron chi connectivity index (χ3n) is 3.26. The minimum atomic E-state index is 0.242. The number of rotatable bonds is 2. The average molecular weight is 224 g/mol. The Balaban J connectivity index is 2.03. The molecule has 0 saturated heterocycles. The van der Waals surface area contributed by atoms with Gasteiger partial charge in [0.25, 0.3) is 0 Å². The van der Waals surface area contributed by atoms with Gasteiger partial charge in [0.2, 0.25) is 0 Å². The summed E-state index contributed by atoms with van der Waals surface area (Å²) in [4.78, 5) is 19.3. The summed E-state index contributed by atoms with van der Waals surface area (Å²) in [5, 5.41) is 0. The first-order chi connectivity index (χ1) is 8.38. The van der Waals surface area contributed by atoms with Crippen LogP contribution in [0, 0.1) is 0 Å². The van der Waals surface area contributed by atoms with Crippen LogP contribution in [0.25, 0.3) is 0 Å². The van der Waals surface area contributed by atoms with E-state index in [0.717, 1.165) is 25.0 Å². The summed E-state index contributed by atoms with van der Waals surface area (Å²) in [5.41, 5.74) is 3.13. The zero-order chi connectivity index (χ0) is 11.7. The molecule has 0 bridgehead atoms. The molecular formula is C14H12N2O. The summed E-state index contributed by atoms with van der Waals surface area (Å²) in [6, 6.07) is 10.0. The number of carbonyl (C=O) groups is 1. The normalized spacial score (nSPS) is 17.8. The van der Waals surface area contributed by atoms with Crippen molar-refractivity contribution in [1.29, 1.82) is 0 Å². The Morgan fingerprint density at radius 3 is 3.00 bits per heavy atom. The number of aryl methyl sites for hydroxylation is 1. The Labute approximate surface area is 99.5 Å². The molecule has 0 aliphatic heterocycles. The largest absolute Gasteiger partial charge is 0.296 e. The van der Waals surface area contributed by atoms with E-state index < -0.39 is 0 Å². The number of nitrogens with zero attached hydrogens (tertiary/aromatic N) is 2. The monoisotopic (exact) mass is 224 g/mol. The van der Waals surface area contributed by atoms with E-state index in [-0.39, 0.29) is 5.92 Å². The number of aromatic nitrogens is 2. The molecule has 1 heterocycles. The van der Waals surface area contributed by atoms with Crippen molar-refractivity contribution < 1.29 is 4.79 Å². The number of fused-ring (bicyclic) bond motifs is 1. The molecule has 3 heteroatoms. The van der Waals surface area contributed by atoms with Crippen LogP contribution in [0.3, 0.4) is 0 Å². The highest BCUT2D eigenvalue weighted by molar-refractivity contribution is 5.71. The van der Waals surface area contributed by atoms with Gasteiger partial charge in [0.1, 0.15) is 11.5 Å². The molecule has 17 heavy (non-hydrogen) atoms. The number of carbonyl (C=O) groups excluding carboxylic acids is 1. The fourth-order valence-electron chi connectivity index (χ4n) is 2.45. The van der Waals surface area contributed by atoms with Crippen LogP contribution >= 0.6 is 0 Å². The Kier molecular flexibility index (Phi) is 2.44. The lowest BCUT2D eigenvalue weighted by atomic mass is 10.0. The van der Waals surface area contributed by atoms with Crippen molar-refractivity contribution in [2.45, 2.75) is 18.8 Å². The van der Waals surface area contributed by atoms with Gasteiger partial charge in [0.15, 0.2) is 6.29 Å². The van der Waals surface area contributed by atoms with Crippen LogP contribution in [0.2, 0.25) is 0 Å². The summed E-state index contributed by atoms with van der Waals surface area (Å²) in [6.45, 7) is 0. The smallest absolute Gasteiger partial charge is 0.168 e. The topological polar surface area (TPSA) is 42.9 Å². The molecule has 1 aliphatic rings. The number of aldehydes is 1. The van der Waals surface area contributed by atoms with Crippen LogP contribution in [0.15, 0.2) is 36.5 Å². The molecule has 1 unspecified atom stereocenters. The average Bonchev–Trinajstić information content (AvgIpc) is 2.82. The molecule has 1 atom stereocenters. The molecule has 3 rings (SSSR count). The van der Waals surface area contributed by atoms with Crippen molar-refractivity contribution in [3.8, 4) is 0 Å². The van der Waals surface area contributed by atoms with E-state index in [9.17, 15) is 4.79 Å². The third-order valence-corrected chi connectivity index (χ3v) is 3.26. The predicted molar refractivity (Wildman–Crippen MR) is 64.0 cm³/mol. The SMILES string of the molecule is O=Cc1ccnc(C2CCc3ccccc32)n1. The maximum atomic E-state index is 10.7. The Morgan fingerprint density at radius 2 is 2.12 bits per heavy atom. The van der Waals surface area contributed by atoms with Gasteiger partial charge in [-0.2, -0.15) is 0 Å². The predicted octanol–water partition coefficient (Wildman–Crippen LogP) is 2.37. The van der Waals surface area contributed by atoms with Crippen molar-refractivity contribution in [1.82, 2.24) is 9.97 Å². The van der Waals surface area contributed by atoms with Crippen molar-refractivity contribution in [2.75, 3.05) is 0 Å². The summed E-state index contributed by atoms with van der Waals surface area (Å²) < 4.78 is 0. The van der Waals surface area contributed by atoms with Gasteiger partial charge in [0, 0.05) is 12.1 Å². The fraction of sp³-hybridized carbons (Fsp3) is 0.214. The first-order valence-electron chi connectivity index (χ1n) is 5.74. The molecule has 0 N–H and O–H groups in total. The number of benzene rings is 1. The van der Waals surface area contributed by atoms with E-state index in [0.29, 0.717) is 5.69 Å². The van der Waals surface area contributed by atoms with Crippen molar-refractivity contribution in [3.05, 3.63) is 59.2 Å². The first kappa shape index (κ1) is 10.1. The molecular weight excluding hydrogens is 212 g/mol. The van der Waals surface area contributed by atoms with Gasteiger partial charge in [-0.05, 0) is 30.0 Å². The Morgan fingerprint density at radius 1 is 1.24 bits per heavy atom. The molecule has 0 radical (unpaired) electrons. The molecule has 0 amide bonds. The fourth-order valence-corrected chi connectivity index (χ4v) is 2.45. The van der Waals surface area contributed by atoms with Crippen LogP contribution in [-0.2, 0) is 6.42 Å². The lowest BCUT2D eigenvalue weighted by Gasteiger charge is -2.09. The van der Waals surface area contributed by atoms with Gasteiger partial charge in [-0.15, -0.1) is 0 Å². The third kappa shape index (κ3) is 1.73. The molecule has 1 aromatic heterocycles. The maximum Gasteiger partial charge on any atom is 0.168 e. The van der Waals surface area contributed by atoms with Crippen molar-refractivity contribution >= 4 is 6.29 Å². The molecule has 1 aliphatic carbocycles. The lowest BCUT2D eigenvalue weighted by molar-refractivity contribution is 0.111. The molecule has 84 valence electrons. The zero-order valence-electron chi connectivity index (χ0n) is 9.34. The Hall–Kier alpha value is -2.03. The van der Waals surface area contributed by atoms with E-state index in [1.165, 1.54) is 11.1 Å².